The van der Waals surface area contributed by atoms with Crippen LogP contribution in [0.15, 0.2) is 29.3 Å². The van der Waals surface area contributed by atoms with Gasteiger partial charge in [-0.05, 0) is 44.9 Å². The van der Waals surface area contributed by atoms with Crippen LogP contribution in [0.5, 0.6) is 0 Å². The maximum absolute atomic E-state index is 12.0. The molecule has 2 N–H and O–H groups in total. The summed E-state index contributed by atoms with van der Waals surface area (Å²) in [5.74, 6) is 1.59. The molecule has 1 aromatic carbocycles. The molecule has 6 nitrogen and oxygen atoms in total. The lowest BCUT2D eigenvalue weighted by molar-refractivity contribution is -0.123. The summed E-state index contributed by atoms with van der Waals surface area (Å²) in [5, 5.41) is 7.40. The second-order valence-corrected chi connectivity index (χ2v) is 8.37. The van der Waals surface area contributed by atoms with Crippen LogP contribution in [0.1, 0.15) is 38.7 Å². The zero-order chi connectivity index (χ0) is 20.1. The topological polar surface area (TPSA) is 60.0 Å². The van der Waals surface area contributed by atoms with Crippen LogP contribution in [-0.4, -0.2) is 73.0 Å². The molecule has 2 unspecified atom stereocenters. The normalized spacial score (nSPS) is 23.0. The van der Waals surface area contributed by atoms with Crippen LogP contribution in [0.25, 0.3) is 0 Å². The van der Waals surface area contributed by atoms with Gasteiger partial charge in [0.2, 0.25) is 5.91 Å². The van der Waals surface area contributed by atoms with Gasteiger partial charge in [0.05, 0.1) is 6.54 Å². The molecule has 7 heteroatoms. The highest BCUT2D eigenvalue weighted by Gasteiger charge is 2.40. The molecule has 1 heterocycles. The van der Waals surface area contributed by atoms with Crippen LogP contribution in [0, 0.1) is 0 Å². The molecule has 1 aliphatic carbocycles. The van der Waals surface area contributed by atoms with Crippen molar-refractivity contribution in [3.63, 3.8) is 0 Å². The number of carbonyl (C=O) groups is 1. The number of nitrogens with one attached hydrogen (secondary N) is 2. The molecule has 2 fully saturated rings. The molecule has 1 aromatic rings. The molecule has 3 rings (SSSR count). The Bertz CT molecular complexity index is 700. The number of nitrogens with zero attached hydrogens (tertiary/aromatic N) is 3. The van der Waals surface area contributed by atoms with Gasteiger partial charge in [0.25, 0.3) is 0 Å². The van der Waals surface area contributed by atoms with Crippen molar-refractivity contribution in [1.82, 2.24) is 20.4 Å². The number of piperazine rings is 1. The summed E-state index contributed by atoms with van der Waals surface area (Å²) >= 11 is 6.13. The lowest BCUT2D eigenvalue weighted by Gasteiger charge is -2.36. The molecule has 1 amide bonds. The van der Waals surface area contributed by atoms with Crippen molar-refractivity contribution in [1.29, 1.82) is 0 Å². The van der Waals surface area contributed by atoms with Gasteiger partial charge in [-0.1, -0.05) is 23.7 Å². The zero-order valence-corrected chi connectivity index (χ0v) is 17.9. The number of rotatable bonds is 6. The Balaban J connectivity index is 1.49. The smallest absolute Gasteiger partial charge is 0.234 e. The van der Waals surface area contributed by atoms with Crippen molar-refractivity contribution < 1.29 is 4.79 Å². The number of aliphatic imine (C=N–C) groups is 1. The van der Waals surface area contributed by atoms with Gasteiger partial charge in [-0.2, -0.15) is 0 Å². The van der Waals surface area contributed by atoms with Gasteiger partial charge in [-0.15, -0.1) is 0 Å². The van der Waals surface area contributed by atoms with Crippen LogP contribution >= 0.6 is 11.6 Å². The molecule has 1 saturated carbocycles. The van der Waals surface area contributed by atoms with E-state index in [1.165, 1.54) is 5.56 Å². The number of hydrogen-bond donors (Lipinski definition) is 2. The number of guanidine groups is 1. The van der Waals surface area contributed by atoms with Crippen molar-refractivity contribution in [2.45, 2.75) is 45.2 Å². The van der Waals surface area contributed by atoms with Crippen LogP contribution in [0.2, 0.25) is 5.02 Å². The van der Waals surface area contributed by atoms with E-state index in [0.717, 1.165) is 50.1 Å². The van der Waals surface area contributed by atoms with Crippen molar-refractivity contribution in [2.24, 2.45) is 4.99 Å². The third kappa shape index (κ3) is 5.85. The molecule has 0 bridgehead atoms. The Morgan fingerprint density at radius 1 is 1.29 bits per heavy atom. The highest BCUT2D eigenvalue weighted by molar-refractivity contribution is 6.30. The fourth-order valence-corrected chi connectivity index (χ4v) is 3.90. The second kappa shape index (κ2) is 9.61. The number of halogens is 1. The van der Waals surface area contributed by atoms with Gasteiger partial charge in [-0.25, -0.2) is 0 Å². The minimum Gasteiger partial charge on any atom is -0.353 e. The fourth-order valence-electron chi connectivity index (χ4n) is 3.70. The van der Waals surface area contributed by atoms with E-state index in [2.05, 4.69) is 39.5 Å². The predicted octanol–water partition coefficient (Wildman–Crippen LogP) is 2.30. The van der Waals surface area contributed by atoms with Crippen LogP contribution in [-0.2, 0) is 4.79 Å². The molecule has 2 atom stereocenters. The lowest BCUT2D eigenvalue weighted by Crippen LogP contribution is -2.54. The highest BCUT2D eigenvalue weighted by atomic mass is 35.5. The lowest BCUT2D eigenvalue weighted by atomic mass is 10.1. The van der Waals surface area contributed by atoms with E-state index in [-0.39, 0.29) is 11.9 Å². The van der Waals surface area contributed by atoms with E-state index in [0.29, 0.717) is 18.5 Å². The van der Waals surface area contributed by atoms with E-state index in [9.17, 15) is 4.79 Å². The molecular weight excluding hydrogens is 374 g/mol. The predicted molar refractivity (Wildman–Crippen MR) is 115 cm³/mol. The molecule has 154 valence electrons. The molecule has 28 heavy (non-hydrogen) atoms. The summed E-state index contributed by atoms with van der Waals surface area (Å²) in [6, 6.07) is 8.75. The Kier molecular flexibility index (Phi) is 7.18. The average Bonchev–Trinajstić information content (AvgIpc) is 3.41. The summed E-state index contributed by atoms with van der Waals surface area (Å²) in [5.41, 5.74) is 1.29. The SMILES string of the molecule is CCN=C(NC1CC1c1cccc(Cl)c1)N1CCN(CC(=O)NC(C)C)CC1. The molecule has 0 spiro atoms. The van der Waals surface area contributed by atoms with E-state index >= 15 is 0 Å². The average molecular weight is 406 g/mol. The van der Waals surface area contributed by atoms with Gasteiger partial charge < -0.3 is 15.5 Å². The molecule has 0 aromatic heterocycles. The first-order valence-corrected chi connectivity index (χ1v) is 10.7. The number of amides is 1. The third-order valence-corrected chi connectivity index (χ3v) is 5.41. The Morgan fingerprint density at radius 2 is 2.04 bits per heavy atom. The van der Waals surface area contributed by atoms with E-state index in [1.807, 2.05) is 26.0 Å². The van der Waals surface area contributed by atoms with Crippen molar-refractivity contribution in [3.05, 3.63) is 34.9 Å². The summed E-state index contributed by atoms with van der Waals surface area (Å²) in [7, 11) is 0. The van der Waals surface area contributed by atoms with Gasteiger partial charge in [0.15, 0.2) is 5.96 Å². The third-order valence-electron chi connectivity index (χ3n) is 5.18. The summed E-state index contributed by atoms with van der Waals surface area (Å²) < 4.78 is 0. The Morgan fingerprint density at radius 3 is 2.68 bits per heavy atom. The van der Waals surface area contributed by atoms with E-state index in [1.54, 1.807) is 0 Å². The van der Waals surface area contributed by atoms with Gasteiger partial charge in [-0.3, -0.25) is 14.7 Å². The number of benzene rings is 1. The van der Waals surface area contributed by atoms with E-state index < -0.39 is 0 Å². The first-order chi connectivity index (χ1) is 13.5. The standard InChI is InChI=1S/C21H32ClN5O/c1-4-23-21(25-19-13-18(19)16-6-5-7-17(22)12-16)27-10-8-26(9-11-27)14-20(28)24-15(2)3/h5-7,12,15,18-19H,4,8-11,13-14H2,1-3H3,(H,23,25)(H,24,28). The van der Waals surface area contributed by atoms with E-state index in [4.69, 9.17) is 16.6 Å². The Labute approximate surface area is 173 Å². The van der Waals surface area contributed by atoms with Crippen LogP contribution in [0.3, 0.4) is 0 Å². The first kappa shape index (κ1) is 20.9. The Hall–Kier alpha value is -1.79. The van der Waals surface area contributed by atoms with Crippen molar-refractivity contribution in [3.8, 4) is 0 Å². The van der Waals surface area contributed by atoms with Gasteiger partial charge in [0.1, 0.15) is 0 Å². The monoisotopic (exact) mass is 405 g/mol. The molecule has 2 aliphatic rings. The number of hydrogen-bond acceptors (Lipinski definition) is 3. The summed E-state index contributed by atoms with van der Waals surface area (Å²) in [6.45, 7) is 10.8. The molecular formula is C21H32ClN5O. The van der Waals surface area contributed by atoms with Crippen molar-refractivity contribution in [2.75, 3.05) is 39.3 Å². The molecule has 0 radical (unpaired) electrons. The van der Waals surface area contributed by atoms with Gasteiger partial charge >= 0.3 is 0 Å². The summed E-state index contributed by atoms with van der Waals surface area (Å²) in [4.78, 5) is 21.2. The largest absolute Gasteiger partial charge is 0.353 e. The second-order valence-electron chi connectivity index (χ2n) is 7.93. The van der Waals surface area contributed by atoms with Gasteiger partial charge in [0, 0.05) is 55.7 Å². The molecule has 1 aliphatic heterocycles. The van der Waals surface area contributed by atoms with Crippen molar-refractivity contribution >= 4 is 23.5 Å². The maximum atomic E-state index is 12.0. The first-order valence-electron chi connectivity index (χ1n) is 10.3. The highest BCUT2D eigenvalue weighted by Crippen LogP contribution is 2.41. The summed E-state index contributed by atoms with van der Waals surface area (Å²) in [6.07, 6.45) is 1.11. The quantitative estimate of drug-likeness (QED) is 0.563. The molecule has 1 saturated heterocycles. The minimum absolute atomic E-state index is 0.103. The maximum Gasteiger partial charge on any atom is 0.234 e. The zero-order valence-electron chi connectivity index (χ0n) is 17.1. The van der Waals surface area contributed by atoms with Crippen LogP contribution < -0.4 is 10.6 Å². The minimum atomic E-state index is 0.103. The fraction of sp³-hybridized carbons (Fsp3) is 0.619. The number of carbonyl (C=O) groups excluding carboxylic acids is 1. The van der Waals surface area contributed by atoms with Crippen LogP contribution in [0.4, 0.5) is 0 Å².